The minimum Gasteiger partial charge on any atom is -0.453 e. The van der Waals surface area contributed by atoms with Crippen molar-refractivity contribution < 1.29 is 19.2 Å². The van der Waals surface area contributed by atoms with Crippen LogP contribution >= 0.6 is 0 Å². The second-order valence-corrected chi connectivity index (χ2v) is 8.93. The molecule has 2 aromatic carbocycles. The Hall–Kier alpha value is -3.17. The zero-order chi connectivity index (χ0) is 24.1. The summed E-state index contributed by atoms with van der Waals surface area (Å²) in [7, 11) is 1.40. The molecule has 0 atom stereocenters. The first-order valence-electron chi connectivity index (χ1n) is 11.8. The van der Waals surface area contributed by atoms with Gasteiger partial charge in [-0.3, -0.25) is 10.1 Å². The van der Waals surface area contributed by atoms with Crippen LogP contribution in [0.1, 0.15) is 31.2 Å². The Labute approximate surface area is 199 Å². The Morgan fingerprint density at radius 2 is 1.85 bits per heavy atom. The molecule has 0 radical (unpaired) electrons. The molecule has 0 aromatic heterocycles. The summed E-state index contributed by atoms with van der Waals surface area (Å²) in [6, 6.07) is 13.4. The van der Waals surface area contributed by atoms with E-state index in [1.165, 1.54) is 7.11 Å². The SMILES string of the molecule is COC(=O)N(Cc1cccc(-c2ccc(N3CCOCC3)c([N+](=O)[O-])c2)c1)C1CCC(N)CC1. The first-order valence-corrected chi connectivity index (χ1v) is 11.8. The summed E-state index contributed by atoms with van der Waals surface area (Å²) in [5, 5.41) is 11.8. The lowest BCUT2D eigenvalue weighted by Gasteiger charge is -2.35. The number of methoxy groups -OCH3 is 1. The molecule has 1 heterocycles. The molecule has 182 valence electrons. The number of anilines is 1. The van der Waals surface area contributed by atoms with Gasteiger partial charge in [-0.1, -0.05) is 24.3 Å². The molecule has 2 fully saturated rings. The van der Waals surface area contributed by atoms with E-state index in [0.29, 0.717) is 38.5 Å². The number of nitro groups is 1. The fourth-order valence-electron chi connectivity index (χ4n) is 4.84. The number of hydrogen-bond donors (Lipinski definition) is 1. The Morgan fingerprint density at radius 1 is 1.15 bits per heavy atom. The summed E-state index contributed by atoms with van der Waals surface area (Å²) in [5.74, 6) is 0. The number of nitrogens with zero attached hydrogens (tertiary/aromatic N) is 3. The van der Waals surface area contributed by atoms with Crippen LogP contribution in [-0.2, 0) is 16.0 Å². The Morgan fingerprint density at radius 3 is 2.53 bits per heavy atom. The monoisotopic (exact) mass is 468 g/mol. The predicted octanol–water partition coefficient (Wildman–Crippen LogP) is 3.94. The number of benzene rings is 2. The number of nitro benzene ring substituents is 1. The zero-order valence-electron chi connectivity index (χ0n) is 19.5. The van der Waals surface area contributed by atoms with Crippen molar-refractivity contribution >= 4 is 17.5 Å². The van der Waals surface area contributed by atoms with E-state index in [-0.39, 0.29) is 28.8 Å². The van der Waals surface area contributed by atoms with Crippen LogP contribution < -0.4 is 10.6 Å². The molecule has 9 heteroatoms. The first-order chi connectivity index (χ1) is 16.5. The van der Waals surface area contributed by atoms with Gasteiger partial charge < -0.3 is 25.0 Å². The van der Waals surface area contributed by atoms with Crippen molar-refractivity contribution in [3.8, 4) is 11.1 Å². The summed E-state index contributed by atoms with van der Waals surface area (Å²) < 4.78 is 10.4. The number of carbonyl (C=O) groups excluding carboxylic acids is 1. The van der Waals surface area contributed by atoms with E-state index in [0.717, 1.165) is 42.4 Å². The van der Waals surface area contributed by atoms with Gasteiger partial charge in [-0.05, 0) is 54.5 Å². The lowest BCUT2D eigenvalue weighted by atomic mass is 9.90. The average Bonchev–Trinajstić information content (AvgIpc) is 2.88. The van der Waals surface area contributed by atoms with Gasteiger partial charge in [0.2, 0.25) is 0 Å². The molecule has 1 saturated carbocycles. The highest BCUT2D eigenvalue weighted by Gasteiger charge is 2.28. The molecule has 0 bridgehead atoms. The van der Waals surface area contributed by atoms with E-state index in [4.69, 9.17) is 15.2 Å². The predicted molar refractivity (Wildman–Crippen MR) is 130 cm³/mol. The molecule has 2 aliphatic rings. The fraction of sp³-hybridized carbons (Fsp3) is 0.480. The van der Waals surface area contributed by atoms with Crippen LogP contribution in [0.3, 0.4) is 0 Å². The highest BCUT2D eigenvalue weighted by Crippen LogP contribution is 2.34. The molecule has 1 amide bonds. The number of amides is 1. The van der Waals surface area contributed by atoms with Gasteiger partial charge in [0.15, 0.2) is 0 Å². The van der Waals surface area contributed by atoms with E-state index in [1.54, 1.807) is 11.0 Å². The van der Waals surface area contributed by atoms with E-state index < -0.39 is 0 Å². The normalized spacial score (nSPS) is 20.6. The summed E-state index contributed by atoms with van der Waals surface area (Å²) >= 11 is 0. The first kappa shape index (κ1) is 24.0. The summed E-state index contributed by atoms with van der Waals surface area (Å²) in [6.45, 7) is 2.79. The quantitative estimate of drug-likeness (QED) is 0.505. The Bertz CT molecular complexity index is 1020. The van der Waals surface area contributed by atoms with Crippen LogP contribution in [0.5, 0.6) is 0 Å². The molecule has 34 heavy (non-hydrogen) atoms. The van der Waals surface area contributed by atoms with Crippen LogP contribution in [0, 0.1) is 10.1 Å². The molecule has 2 aromatic rings. The number of rotatable bonds is 6. The summed E-state index contributed by atoms with van der Waals surface area (Å²) in [6.07, 6.45) is 3.13. The van der Waals surface area contributed by atoms with Gasteiger partial charge in [0.05, 0.1) is 25.2 Å². The third-order valence-electron chi connectivity index (χ3n) is 6.73. The van der Waals surface area contributed by atoms with Gasteiger partial charge in [-0.25, -0.2) is 4.79 Å². The minimum absolute atomic E-state index is 0.0829. The van der Waals surface area contributed by atoms with Crippen LogP contribution in [0.25, 0.3) is 11.1 Å². The highest BCUT2D eigenvalue weighted by molar-refractivity contribution is 5.75. The standard InChI is InChI=1S/C25H32N4O5/c1-33-25(30)28(22-8-6-21(26)7-9-22)17-18-3-2-4-19(15-18)20-5-10-23(24(16-20)29(31)32)27-11-13-34-14-12-27/h2-5,10,15-16,21-22H,6-9,11-14,17,26H2,1H3. The second kappa shape index (κ2) is 10.8. The molecular formula is C25H32N4O5. The molecule has 0 spiro atoms. The van der Waals surface area contributed by atoms with Gasteiger partial charge in [0.25, 0.3) is 5.69 Å². The maximum atomic E-state index is 12.5. The van der Waals surface area contributed by atoms with Crippen LogP contribution in [-0.4, -0.2) is 61.4 Å². The highest BCUT2D eigenvalue weighted by atomic mass is 16.6. The maximum absolute atomic E-state index is 12.5. The molecule has 4 rings (SSSR count). The van der Waals surface area contributed by atoms with E-state index in [1.807, 2.05) is 41.3 Å². The van der Waals surface area contributed by atoms with E-state index in [2.05, 4.69) is 0 Å². The summed E-state index contributed by atoms with van der Waals surface area (Å²) in [5.41, 5.74) is 9.31. The van der Waals surface area contributed by atoms with Crippen molar-refractivity contribution in [1.29, 1.82) is 0 Å². The lowest BCUT2D eigenvalue weighted by molar-refractivity contribution is -0.384. The molecular weight excluding hydrogens is 436 g/mol. The third-order valence-corrected chi connectivity index (χ3v) is 6.73. The second-order valence-electron chi connectivity index (χ2n) is 8.93. The number of hydrogen-bond acceptors (Lipinski definition) is 7. The number of morpholine rings is 1. The largest absolute Gasteiger partial charge is 0.453 e. The number of carbonyl (C=O) groups is 1. The lowest BCUT2D eigenvalue weighted by Crippen LogP contribution is -2.43. The molecule has 1 saturated heterocycles. The Kier molecular flexibility index (Phi) is 7.64. The van der Waals surface area contributed by atoms with Crippen LogP contribution in [0.15, 0.2) is 42.5 Å². The van der Waals surface area contributed by atoms with E-state index >= 15 is 0 Å². The number of nitrogens with two attached hydrogens (primary N) is 1. The fourth-order valence-corrected chi connectivity index (χ4v) is 4.84. The van der Waals surface area contributed by atoms with Gasteiger partial charge in [-0.15, -0.1) is 0 Å². The minimum atomic E-state index is -0.351. The van der Waals surface area contributed by atoms with Crippen molar-refractivity contribution in [2.24, 2.45) is 5.73 Å². The molecule has 1 aliphatic heterocycles. The zero-order valence-corrected chi connectivity index (χ0v) is 19.5. The van der Waals surface area contributed by atoms with Crippen molar-refractivity contribution in [3.63, 3.8) is 0 Å². The smallest absolute Gasteiger partial charge is 0.410 e. The maximum Gasteiger partial charge on any atom is 0.410 e. The van der Waals surface area contributed by atoms with Gasteiger partial charge >= 0.3 is 6.09 Å². The van der Waals surface area contributed by atoms with E-state index in [9.17, 15) is 14.9 Å². The molecule has 9 nitrogen and oxygen atoms in total. The topological polar surface area (TPSA) is 111 Å². The third kappa shape index (κ3) is 5.48. The van der Waals surface area contributed by atoms with Crippen molar-refractivity contribution in [1.82, 2.24) is 4.90 Å². The summed E-state index contributed by atoms with van der Waals surface area (Å²) in [4.78, 5) is 27.8. The average molecular weight is 469 g/mol. The van der Waals surface area contributed by atoms with Gasteiger partial charge in [-0.2, -0.15) is 0 Å². The molecule has 2 N–H and O–H groups in total. The molecule has 0 unspecified atom stereocenters. The van der Waals surface area contributed by atoms with Gasteiger partial charge in [0.1, 0.15) is 5.69 Å². The van der Waals surface area contributed by atoms with Crippen molar-refractivity contribution in [2.75, 3.05) is 38.3 Å². The molecule has 1 aliphatic carbocycles. The Balaban J connectivity index is 1.58. The van der Waals surface area contributed by atoms with Gasteiger partial charge in [0, 0.05) is 37.8 Å². The van der Waals surface area contributed by atoms with Crippen molar-refractivity contribution in [3.05, 3.63) is 58.1 Å². The van der Waals surface area contributed by atoms with Crippen LogP contribution in [0.4, 0.5) is 16.2 Å². The van der Waals surface area contributed by atoms with Crippen molar-refractivity contribution in [2.45, 2.75) is 44.3 Å². The number of ether oxygens (including phenoxy) is 2. The van der Waals surface area contributed by atoms with Crippen LogP contribution in [0.2, 0.25) is 0 Å².